The zero-order valence-corrected chi connectivity index (χ0v) is 14.6. The molecule has 0 atom stereocenters. The minimum absolute atomic E-state index is 0.0376. The Balaban J connectivity index is 2.30. The fourth-order valence-electron chi connectivity index (χ4n) is 2.08. The van der Waals surface area contributed by atoms with E-state index >= 15 is 0 Å². The molecule has 0 radical (unpaired) electrons. The Morgan fingerprint density at radius 1 is 1.18 bits per heavy atom. The Morgan fingerprint density at radius 2 is 1.86 bits per heavy atom. The van der Waals surface area contributed by atoms with Crippen molar-refractivity contribution in [2.75, 3.05) is 19.8 Å². The van der Waals surface area contributed by atoms with Gasteiger partial charge in [0.25, 0.3) is 5.91 Å². The molecule has 6 heteroatoms. The Kier molecular flexibility index (Phi) is 5.85. The molecule has 1 aromatic carbocycles. The molecular weight excluding hydrogens is 318 g/mol. The van der Waals surface area contributed by atoms with E-state index < -0.39 is 0 Å². The minimum atomic E-state index is -0.0376. The van der Waals surface area contributed by atoms with Crippen LogP contribution in [0.2, 0.25) is 0 Å². The van der Waals surface area contributed by atoms with Crippen LogP contribution in [0.4, 0.5) is 0 Å². The second-order valence-corrected chi connectivity index (χ2v) is 6.17. The standard InChI is InChI=1S/C16H19NO3S2/c1-4-17-15(18)14(22-16(17)21)10-11-7-8-12(19-5-2)13(9-11)20-6-3/h7-10H,4-6H2,1-3H3. The third-order valence-electron chi connectivity index (χ3n) is 3.06. The number of carbonyl (C=O) groups excluding carboxylic acids is 1. The lowest BCUT2D eigenvalue weighted by atomic mass is 10.2. The summed E-state index contributed by atoms with van der Waals surface area (Å²) in [6.07, 6.45) is 1.84. The summed E-state index contributed by atoms with van der Waals surface area (Å²) in [7, 11) is 0. The van der Waals surface area contributed by atoms with E-state index in [0.29, 0.717) is 40.5 Å². The molecule has 1 aliphatic heterocycles. The van der Waals surface area contributed by atoms with Gasteiger partial charge in [-0.05, 0) is 44.5 Å². The van der Waals surface area contributed by atoms with Crippen LogP contribution in [0.5, 0.6) is 11.5 Å². The van der Waals surface area contributed by atoms with Crippen molar-refractivity contribution >= 4 is 40.3 Å². The maximum absolute atomic E-state index is 12.2. The minimum Gasteiger partial charge on any atom is -0.490 e. The van der Waals surface area contributed by atoms with Crippen molar-refractivity contribution in [2.45, 2.75) is 20.8 Å². The van der Waals surface area contributed by atoms with E-state index in [0.717, 1.165) is 5.56 Å². The van der Waals surface area contributed by atoms with E-state index in [1.165, 1.54) is 11.8 Å². The molecule has 1 aliphatic rings. The van der Waals surface area contributed by atoms with Gasteiger partial charge < -0.3 is 9.47 Å². The molecule has 0 N–H and O–H groups in total. The van der Waals surface area contributed by atoms with Crippen molar-refractivity contribution < 1.29 is 14.3 Å². The van der Waals surface area contributed by atoms with Crippen molar-refractivity contribution in [3.05, 3.63) is 28.7 Å². The molecule has 0 aromatic heterocycles. The fourth-order valence-corrected chi connectivity index (χ4v) is 3.47. The molecule has 0 spiro atoms. The van der Waals surface area contributed by atoms with E-state index in [-0.39, 0.29) is 5.91 Å². The fraction of sp³-hybridized carbons (Fsp3) is 0.375. The average Bonchev–Trinajstić information content (AvgIpc) is 2.76. The first-order valence-electron chi connectivity index (χ1n) is 7.25. The van der Waals surface area contributed by atoms with Crippen molar-refractivity contribution in [3.8, 4) is 11.5 Å². The summed E-state index contributed by atoms with van der Waals surface area (Å²) in [4.78, 5) is 14.5. The molecular formula is C16H19NO3S2. The molecule has 22 heavy (non-hydrogen) atoms. The number of rotatable bonds is 6. The van der Waals surface area contributed by atoms with E-state index in [9.17, 15) is 4.79 Å². The van der Waals surface area contributed by atoms with Crippen molar-refractivity contribution in [1.29, 1.82) is 0 Å². The predicted molar refractivity (Wildman–Crippen MR) is 94.3 cm³/mol. The zero-order valence-electron chi connectivity index (χ0n) is 12.9. The molecule has 1 amide bonds. The number of benzene rings is 1. The van der Waals surface area contributed by atoms with E-state index in [4.69, 9.17) is 21.7 Å². The predicted octanol–water partition coefficient (Wildman–Crippen LogP) is 3.71. The lowest BCUT2D eigenvalue weighted by Crippen LogP contribution is -2.27. The van der Waals surface area contributed by atoms with E-state index in [1.54, 1.807) is 4.90 Å². The third-order valence-corrected chi connectivity index (χ3v) is 4.43. The highest BCUT2D eigenvalue weighted by molar-refractivity contribution is 8.26. The molecule has 118 valence electrons. The highest BCUT2D eigenvalue weighted by atomic mass is 32.2. The number of amides is 1. The quantitative estimate of drug-likeness (QED) is 0.584. The number of likely N-dealkylation sites (N-methyl/N-ethyl adjacent to an activating group) is 1. The largest absolute Gasteiger partial charge is 0.490 e. The number of hydrogen-bond acceptors (Lipinski definition) is 5. The van der Waals surface area contributed by atoms with Crippen LogP contribution in [0.3, 0.4) is 0 Å². The van der Waals surface area contributed by atoms with Crippen LogP contribution in [-0.4, -0.2) is 34.9 Å². The van der Waals surface area contributed by atoms with Crippen LogP contribution in [-0.2, 0) is 4.79 Å². The van der Waals surface area contributed by atoms with Crippen LogP contribution in [0.15, 0.2) is 23.1 Å². The second kappa shape index (κ2) is 7.65. The Bertz CT molecular complexity index is 613. The number of carbonyl (C=O) groups is 1. The smallest absolute Gasteiger partial charge is 0.266 e. The van der Waals surface area contributed by atoms with Crippen LogP contribution in [0.1, 0.15) is 26.3 Å². The Hall–Kier alpha value is -1.53. The van der Waals surface area contributed by atoms with Crippen molar-refractivity contribution in [1.82, 2.24) is 4.90 Å². The topological polar surface area (TPSA) is 38.8 Å². The molecule has 1 saturated heterocycles. The monoisotopic (exact) mass is 337 g/mol. The first-order chi connectivity index (χ1) is 10.6. The molecule has 1 fully saturated rings. The molecule has 0 unspecified atom stereocenters. The van der Waals surface area contributed by atoms with Crippen LogP contribution < -0.4 is 9.47 Å². The highest BCUT2D eigenvalue weighted by Crippen LogP contribution is 2.34. The zero-order chi connectivity index (χ0) is 16.1. The van der Waals surface area contributed by atoms with Gasteiger partial charge in [0.1, 0.15) is 4.32 Å². The van der Waals surface area contributed by atoms with Crippen LogP contribution in [0, 0.1) is 0 Å². The van der Waals surface area contributed by atoms with Gasteiger partial charge >= 0.3 is 0 Å². The summed E-state index contributed by atoms with van der Waals surface area (Å²) in [5, 5.41) is 0. The SMILES string of the molecule is CCOc1ccc(C=C2SC(=S)N(CC)C2=O)cc1OCC. The molecule has 1 heterocycles. The summed E-state index contributed by atoms with van der Waals surface area (Å²) < 4.78 is 11.7. The van der Waals surface area contributed by atoms with E-state index in [1.807, 2.05) is 45.0 Å². The van der Waals surface area contributed by atoms with Gasteiger partial charge in [-0.15, -0.1) is 0 Å². The number of thiocarbonyl (C=S) groups is 1. The maximum atomic E-state index is 12.2. The summed E-state index contributed by atoms with van der Waals surface area (Å²) in [6.45, 7) is 7.50. The van der Waals surface area contributed by atoms with Gasteiger partial charge in [-0.1, -0.05) is 30.0 Å². The first-order valence-corrected chi connectivity index (χ1v) is 8.48. The van der Waals surface area contributed by atoms with Gasteiger partial charge in [0, 0.05) is 6.54 Å². The molecule has 0 bridgehead atoms. The van der Waals surface area contributed by atoms with Crippen LogP contribution >= 0.6 is 24.0 Å². The average molecular weight is 337 g/mol. The van der Waals surface area contributed by atoms with Gasteiger partial charge in [0.05, 0.1) is 18.1 Å². The first kappa shape index (κ1) is 16.8. The summed E-state index contributed by atoms with van der Waals surface area (Å²) in [5.41, 5.74) is 0.892. The van der Waals surface area contributed by atoms with Gasteiger partial charge in [-0.25, -0.2) is 0 Å². The Labute approximate surface area is 140 Å². The summed E-state index contributed by atoms with van der Waals surface area (Å²) >= 11 is 6.55. The summed E-state index contributed by atoms with van der Waals surface area (Å²) in [6, 6.07) is 5.65. The third kappa shape index (κ3) is 3.62. The van der Waals surface area contributed by atoms with Gasteiger partial charge in [-0.2, -0.15) is 0 Å². The number of thioether (sulfide) groups is 1. The molecule has 0 aliphatic carbocycles. The molecule has 1 aromatic rings. The lowest BCUT2D eigenvalue weighted by molar-refractivity contribution is -0.121. The van der Waals surface area contributed by atoms with Crippen molar-refractivity contribution in [2.24, 2.45) is 0 Å². The number of nitrogens with zero attached hydrogens (tertiary/aromatic N) is 1. The summed E-state index contributed by atoms with van der Waals surface area (Å²) in [5.74, 6) is 1.36. The highest BCUT2D eigenvalue weighted by Gasteiger charge is 2.30. The normalized spacial score (nSPS) is 16.5. The van der Waals surface area contributed by atoms with E-state index in [2.05, 4.69) is 0 Å². The molecule has 2 rings (SSSR count). The lowest BCUT2D eigenvalue weighted by Gasteiger charge is -2.11. The van der Waals surface area contributed by atoms with Gasteiger partial charge in [0.2, 0.25) is 0 Å². The number of ether oxygens (including phenoxy) is 2. The van der Waals surface area contributed by atoms with Crippen molar-refractivity contribution in [3.63, 3.8) is 0 Å². The van der Waals surface area contributed by atoms with Gasteiger partial charge in [-0.3, -0.25) is 9.69 Å². The molecule has 4 nitrogen and oxygen atoms in total. The maximum Gasteiger partial charge on any atom is 0.266 e. The van der Waals surface area contributed by atoms with Crippen LogP contribution in [0.25, 0.3) is 6.08 Å². The van der Waals surface area contributed by atoms with Gasteiger partial charge in [0.15, 0.2) is 11.5 Å². The Morgan fingerprint density at radius 3 is 2.45 bits per heavy atom. The second-order valence-electron chi connectivity index (χ2n) is 4.50. The molecule has 0 saturated carbocycles. The number of hydrogen-bond donors (Lipinski definition) is 0.